The molecule has 3 aromatic rings. The zero-order valence-corrected chi connectivity index (χ0v) is 23.7. The second-order valence-electron chi connectivity index (χ2n) is 8.63. The van der Waals surface area contributed by atoms with E-state index >= 15 is 0 Å². The third-order valence-electron chi connectivity index (χ3n) is 5.88. The largest absolute Gasteiger partial charge is 0.498 e. The molecule has 0 fully saturated rings. The molecule has 10 heteroatoms. The van der Waals surface area contributed by atoms with Gasteiger partial charge in [0.1, 0.15) is 56.7 Å². The molecule has 0 spiro atoms. The van der Waals surface area contributed by atoms with Gasteiger partial charge in [0.15, 0.2) is 0 Å². The predicted octanol–water partition coefficient (Wildman–Crippen LogP) is 4.82. The molecular formula is C33H34NO9+. The Morgan fingerprint density at radius 1 is 0.465 bits per heavy atom. The highest BCUT2D eigenvalue weighted by atomic mass is 16.6. The maximum atomic E-state index is 12.4. The molecule has 0 aliphatic carbocycles. The van der Waals surface area contributed by atoms with E-state index in [4.69, 9.17) is 28.4 Å². The first kappa shape index (κ1) is 32.2. The third-order valence-corrected chi connectivity index (χ3v) is 5.88. The summed E-state index contributed by atoms with van der Waals surface area (Å²) < 4.78 is 30.6. The lowest BCUT2D eigenvalue weighted by Crippen LogP contribution is -2.96. The molecule has 10 nitrogen and oxygen atoms in total. The Balaban J connectivity index is 1.84. The zero-order chi connectivity index (χ0) is 30.9. The third kappa shape index (κ3) is 9.91. The summed E-state index contributed by atoms with van der Waals surface area (Å²) in [5, 5.41) is 0. The van der Waals surface area contributed by atoms with Gasteiger partial charge in [-0.3, -0.25) is 0 Å². The fourth-order valence-electron chi connectivity index (χ4n) is 3.87. The van der Waals surface area contributed by atoms with Gasteiger partial charge in [0.25, 0.3) is 0 Å². The highest BCUT2D eigenvalue weighted by Gasteiger charge is 2.22. The molecule has 3 aromatic carbocycles. The Hall–Kier alpha value is -5.35. The number of benzene rings is 3. The van der Waals surface area contributed by atoms with E-state index in [2.05, 4.69) is 19.7 Å². The summed E-state index contributed by atoms with van der Waals surface area (Å²) in [5.41, 5.74) is 3.50. The maximum absolute atomic E-state index is 12.4. The van der Waals surface area contributed by atoms with E-state index in [1.807, 2.05) is 0 Å². The van der Waals surface area contributed by atoms with E-state index in [1.165, 1.54) is 18.8 Å². The van der Waals surface area contributed by atoms with Gasteiger partial charge in [-0.2, -0.15) is 0 Å². The molecule has 0 heterocycles. The van der Waals surface area contributed by atoms with Crippen molar-refractivity contribution in [3.8, 4) is 0 Å². The van der Waals surface area contributed by atoms with Gasteiger partial charge in [0, 0.05) is 36.4 Å². The van der Waals surface area contributed by atoms with Gasteiger partial charge in [-0.1, -0.05) is 19.7 Å². The highest BCUT2D eigenvalue weighted by Crippen LogP contribution is 2.19. The lowest BCUT2D eigenvalue weighted by molar-refractivity contribution is -0.681. The Morgan fingerprint density at radius 3 is 0.953 bits per heavy atom. The highest BCUT2D eigenvalue weighted by molar-refractivity contribution is 5.91. The van der Waals surface area contributed by atoms with Crippen molar-refractivity contribution >= 4 is 35.0 Å². The van der Waals surface area contributed by atoms with Crippen LogP contribution in [-0.2, 0) is 28.4 Å². The average molecular weight is 589 g/mol. The van der Waals surface area contributed by atoms with E-state index in [1.54, 1.807) is 72.8 Å². The molecule has 0 atom stereocenters. The first-order chi connectivity index (χ1) is 21.0. The Morgan fingerprint density at radius 2 is 0.721 bits per heavy atom. The van der Waals surface area contributed by atoms with Gasteiger partial charge >= 0.3 is 17.9 Å². The molecule has 3 rings (SSSR count). The first-order valence-corrected chi connectivity index (χ1v) is 13.4. The van der Waals surface area contributed by atoms with Crippen molar-refractivity contribution < 1.29 is 47.7 Å². The molecule has 0 unspecified atom stereocenters. The molecular weight excluding hydrogens is 554 g/mol. The first-order valence-electron chi connectivity index (χ1n) is 13.4. The molecule has 1 N–H and O–H groups in total. The molecule has 0 saturated carbocycles. The van der Waals surface area contributed by atoms with Crippen LogP contribution in [-0.4, -0.2) is 57.5 Å². The van der Waals surface area contributed by atoms with Gasteiger partial charge in [-0.15, -0.1) is 0 Å². The van der Waals surface area contributed by atoms with Crippen molar-refractivity contribution in [2.45, 2.75) is 0 Å². The lowest BCUT2D eigenvalue weighted by atomic mass is 10.1. The number of esters is 3. The smallest absolute Gasteiger partial charge is 0.338 e. The molecule has 43 heavy (non-hydrogen) atoms. The number of ether oxygens (including phenoxy) is 6. The van der Waals surface area contributed by atoms with Crippen LogP contribution >= 0.6 is 0 Å². The van der Waals surface area contributed by atoms with E-state index in [-0.39, 0.29) is 39.6 Å². The Bertz CT molecular complexity index is 1200. The summed E-state index contributed by atoms with van der Waals surface area (Å²) in [5.74, 6) is -1.45. The summed E-state index contributed by atoms with van der Waals surface area (Å²) in [4.78, 5) is 38.1. The second kappa shape index (κ2) is 17.5. The number of carbonyl (C=O) groups excluding carboxylic acids is 3. The Kier molecular flexibility index (Phi) is 13.1. The van der Waals surface area contributed by atoms with Gasteiger partial charge in [0.05, 0.1) is 35.5 Å². The molecule has 0 radical (unpaired) electrons. The molecule has 0 aliphatic heterocycles. The second-order valence-corrected chi connectivity index (χ2v) is 8.63. The number of hydrogen-bond donors (Lipinski definition) is 1. The zero-order valence-electron chi connectivity index (χ0n) is 23.7. The van der Waals surface area contributed by atoms with Crippen molar-refractivity contribution in [1.82, 2.24) is 0 Å². The minimum Gasteiger partial charge on any atom is -0.498 e. The van der Waals surface area contributed by atoms with Crippen molar-refractivity contribution in [1.29, 1.82) is 0 Å². The minimum atomic E-state index is -0.483. The number of rotatable bonds is 18. The maximum Gasteiger partial charge on any atom is 0.338 e. The van der Waals surface area contributed by atoms with E-state index in [0.29, 0.717) is 16.7 Å². The summed E-state index contributed by atoms with van der Waals surface area (Å²) in [6, 6.07) is 20.8. The van der Waals surface area contributed by atoms with Crippen molar-refractivity contribution in [2.24, 2.45) is 0 Å². The number of nitrogens with one attached hydrogen (secondary N) is 1. The molecule has 0 saturated heterocycles. The van der Waals surface area contributed by atoms with Crippen molar-refractivity contribution in [3.05, 3.63) is 128 Å². The summed E-state index contributed by atoms with van der Waals surface area (Å²) in [7, 11) is 0. The Labute approximate surface area is 250 Å². The van der Waals surface area contributed by atoms with Crippen LogP contribution in [0.5, 0.6) is 0 Å². The topological polar surface area (TPSA) is 111 Å². The fraction of sp³-hybridized carbons (Fsp3) is 0.182. The van der Waals surface area contributed by atoms with E-state index < -0.39 is 17.9 Å². The molecule has 0 aliphatic rings. The summed E-state index contributed by atoms with van der Waals surface area (Å²) in [6.45, 7) is 11.3. The van der Waals surface area contributed by atoms with Crippen LogP contribution < -0.4 is 4.90 Å². The van der Waals surface area contributed by atoms with Gasteiger partial charge in [0.2, 0.25) is 0 Å². The van der Waals surface area contributed by atoms with E-state index in [0.717, 1.165) is 22.0 Å². The van der Waals surface area contributed by atoms with Gasteiger partial charge in [-0.05, 0) is 36.4 Å². The quantitative estimate of drug-likeness (QED) is 0.0968. The summed E-state index contributed by atoms with van der Waals surface area (Å²) >= 11 is 0. The van der Waals surface area contributed by atoms with Crippen LogP contribution in [0.4, 0.5) is 17.1 Å². The standard InChI is InChI=1S/C33H33NO9/c1-4-38-19-22-41-31(35)25-7-13-28(14-8-25)34(29-15-9-26(10-16-29)32(36)42-23-20-39-5-2)30-17-11-27(12-18-30)33(37)43-24-21-40-6-3/h4-18H,1-3,19-24H2/p+1. The minimum absolute atomic E-state index is 0.0934. The number of quaternary nitrogens is 1. The van der Waals surface area contributed by atoms with E-state index in [9.17, 15) is 14.4 Å². The van der Waals surface area contributed by atoms with Crippen LogP contribution in [0, 0.1) is 0 Å². The van der Waals surface area contributed by atoms with Crippen molar-refractivity contribution in [3.63, 3.8) is 0 Å². The van der Waals surface area contributed by atoms with Crippen LogP contribution in [0.3, 0.4) is 0 Å². The van der Waals surface area contributed by atoms with Gasteiger partial charge < -0.3 is 28.4 Å². The number of hydrogen-bond acceptors (Lipinski definition) is 9. The monoisotopic (exact) mass is 588 g/mol. The molecule has 0 aromatic heterocycles. The van der Waals surface area contributed by atoms with Crippen LogP contribution in [0.2, 0.25) is 0 Å². The SMILES string of the molecule is C=COCCOC(=O)c1ccc([NH+](c2ccc(C(=O)OCCOC=C)cc2)c2ccc(C(=O)OCCOC=C)cc2)cc1. The average Bonchev–Trinajstić information content (AvgIpc) is 3.04. The van der Waals surface area contributed by atoms with Crippen LogP contribution in [0.15, 0.2) is 111 Å². The number of carbonyl (C=O) groups is 3. The van der Waals surface area contributed by atoms with Crippen molar-refractivity contribution in [2.75, 3.05) is 39.6 Å². The molecule has 224 valence electrons. The predicted molar refractivity (Wildman–Crippen MR) is 159 cm³/mol. The lowest BCUT2D eigenvalue weighted by Gasteiger charge is -2.19. The molecule has 0 bridgehead atoms. The van der Waals surface area contributed by atoms with Gasteiger partial charge in [-0.25, -0.2) is 19.3 Å². The van der Waals surface area contributed by atoms with Crippen LogP contribution in [0.25, 0.3) is 0 Å². The van der Waals surface area contributed by atoms with Crippen LogP contribution in [0.1, 0.15) is 31.1 Å². The normalized spacial score (nSPS) is 10.3. The fourth-order valence-corrected chi connectivity index (χ4v) is 3.87. The summed E-state index contributed by atoms with van der Waals surface area (Å²) in [6.07, 6.45) is 3.84. The molecule has 0 amide bonds.